The van der Waals surface area contributed by atoms with Gasteiger partial charge < -0.3 is 10.1 Å². The smallest absolute Gasteiger partial charge is 0.416 e. The topological polar surface area (TPSA) is 38.3 Å². The molecule has 0 saturated heterocycles. The van der Waals surface area contributed by atoms with E-state index in [4.69, 9.17) is 4.74 Å². The number of anilines is 1. The Morgan fingerprint density at radius 1 is 0.806 bits per heavy atom. The number of alkyl halides is 3. The van der Waals surface area contributed by atoms with Gasteiger partial charge in [0.05, 0.1) is 16.7 Å². The molecule has 1 N–H and O–H groups in total. The monoisotopic (exact) mass is 491 g/mol. The number of carbonyl (C=O) groups is 1. The summed E-state index contributed by atoms with van der Waals surface area (Å²) in [5.74, 6) is 2.20. The average molecular weight is 492 g/mol. The fourth-order valence-electron chi connectivity index (χ4n) is 7.07. The maximum absolute atomic E-state index is 13.7. The van der Waals surface area contributed by atoms with Crippen LogP contribution in [0.5, 0.6) is 11.5 Å². The molecule has 3 aromatic carbocycles. The number of nitrogens with one attached hydrogen (secondary N) is 1. The summed E-state index contributed by atoms with van der Waals surface area (Å²) < 4.78 is 47.0. The van der Waals surface area contributed by atoms with E-state index >= 15 is 0 Å². The van der Waals surface area contributed by atoms with Crippen molar-refractivity contribution in [2.24, 2.45) is 23.2 Å². The first-order chi connectivity index (χ1) is 17.3. The number of benzene rings is 3. The van der Waals surface area contributed by atoms with Crippen LogP contribution in [-0.2, 0) is 11.0 Å². The summed E-state index contributed by atoms with van der Waals surface area (Å²) in [6.45, 7) is 0. The Bertz CT molecular complexity index is 1250. The molecule has 3 nitrogen and oxygen atoms in total. The van der Waals surface area contributed by atoms with E-state index in [0.717, 1.165) is 42.5 Å². The predicted octanol–water partition coefficient (Wildman–Crippen LogP) is 8.32. The zero-order chi connectivity index (χ0) is 24.9. The molecule has 7 rings (SSSR count). The van der Waals surface area contributed by atoms with Crippen LogP contribution in [0.3, 0.4) is 0 Å². The van der Waals surface area contributed by atoms with Gasteiger partial charge in [-0.05, 0) is 86.1 Å². The highest BCUT2D eigenvalue weighted by molar-refractivity contribution is 5.97. The summed E-state index contributed by atoms with van der Waals surface area (Å²) in [5.41, 5.74) is 0.512. The lowest BCUT2D eigenvalue weighted by atomic mass is 9.49. The van der Waals surface area contributed by atoms with Gasteiger partial charge >= 0.3 is 6.18 Å². The Morgan fingerprint density at radius 3 is 2.06 bits per heavy atom. The fraction of sp³-hybridized carbons (Fsp3) is 0.367. The van der Waals surface area contributed by atoms with E-state index in [1.54, 1.807) is 6.07 Å². The molecule has 0 aliphatic heterocycles. The van der Waals surface area contributed by atoms with Crippen molar-refractivity contribution in [3.05, 3.63) is 78.4 Å². The zero-order valence-corrected chi connectivity index (χ0v) is 19.9. The van der Waals surface area contributed by atoms with Crippen molar-refractivity contribution < 1.29 is 22.7 Å². The molecule has 0 unspecified atom stereocenters. The van der Waals surface area contributed by atoms with Crippen molar-refractivity contribution in [1.82, 2.24) is 0 Å². The third kappa shape index (κ3) is 4.27. The first-order valence-corrected chi connectivity index (χ1v) is 12.6. The first-order valence-electron chi connectivity index (χ1n) is 12.6. The minimum atomic E-state index is -4.53. The molecular weight excluding hydrogens is 463 g/mol. The largest absolute Gasteiger partial charge is 0.455 e. The molecule has 0 aromatic heterocycles. The molecular formula is C30H28F3NO2. The normalized spacial score (nSPS) is 26.6. The summed E-state index contributed by atoms with van der Waals surface area (Å²) in [5, 5.41) is 2.90. The van der Waals surface area contributed by atoms with E-state index in [1.807, 2.05) is 48.5 Å². The van der Waals surface area contributed by atoms with Crippen LogP contribution in [0.2, 0.25) is 0 Å². The van der Waals surface area contributed by atoms with Gasteiger partial charge in [-0.25, -0.2) is 0 Å². The third-order valence-corrected chi connectivity index (χ3v) is 8.27. The van der Waals surface area contributed by atoms with Crippen LogP contribution >= 0.6 is 0 Å². The molecule has 4 aliphatic rings. The van der Waals surface area contributed by atoms with Gasteiger partial charge in [-0.1, -0.05) is 48.5 Å². The van der Waals surface area contributed by atoms with E-state index in [9.17, 15) is 18.0 Å². The minimum Gasteiger partial charge on any atom is -0.455 e. The molecule has 0 atom stereocenters. The minimum absolute atomic E-state index is 0.0634. The van der Waals surface area contributed by atoms with Crippen LogP contribution in [0.25, 0.3) is 11.1 Å². The average Bonchev–Trinajstić information content (AvgIpc) is 2.84. The zero-order valence-electron chi connectivity index (χ0n) is 19.9. The van der Waals surface area contributed by atoms with E-state index < -0.39 is 17.2 Å². The Labute approximate surface area is 208 Å². The Hall–Kier alpha value is -3.28. The van der Waals surface area contributed by atoms with E-state index in [0.29, 0.717) is 23.5 Å². The molecule has 6 heteroatoms. The van der Waals surface area contributed by atoms with Gasteiger partial charge in [0, 0.05) is 5.56 Å². The summed E-state index contributed by atoms with van der Waals surface area (Å²) in [6, 6.07) is 20.4. The van der Waals surface area contributed by atoms with Crippen LogP contribution in [0.4, 0.5) is 18.9 Å². The molecule has 0 heterocycles. The summed E-state index contributed by atoms with van der Waals surface area (Å²) in [4.78, 5) is 13.7. The van der Waals surface area contributed by atoms with Gasteiger partial charge in [-0.2, -0.15) is 13.2 Å². The number of hydrogen-bond donors (Lipinski definition) is 1. The van der Waals surface area contributed by atoms with E-state index in [-0.39, 0.29) is 17.3 Å². The van der Waals surface area contributed by atoms with Gasteiger partial charge in [0.25, 0.3) is 0 Å². The molecule has 0 spiro atoms. The molecule has 3 aromatic rings. The maximum Gasteiger partial charge on any atom is 0.416 e. The molecule has 4 bridgehead atoms. The van der Waals surface area contributed by atoms with Crippen molar-refractivity contribution in [2.75, 3.05) is 5.32 Å². The van der Waals surface area contributed by atoms with Gasteiger partial charge in [-0.3, -0.25) is 4.79 Å². The highest BCUT2D eigenvalue weighted by atomic mass is 19.4. The van der Waals surface area contributed by atoms with Gasteiger partial charge in [-0.15, -0.1) is 0 Å². The highest BCUT2D eigenvalue weighted by Gasteiger charge is 2.54. The summed E-state index contributed by atoms with van der Waals surface area (Å²) in [7, 11) is 0. The van der Waals surface area contributed by atoms with Crippen molar-refractivity contribution in [3.8, 4) is 22.6 Å². The van der Waals surface area contributed by atoms with Crippen LogP contribution in [0.15, 0.2) is 72.8 Å². The second kappa shape index (κ2) is 8.68. The van der Waals surface area contributed by atoms with Crippen LogP contribution in [0, 0.1) is 23.2 Å². The molecule has 0 radical (unpaired) electrons. The SMILES string of the molecule is O=C(Nc1cc(C(F)(F)F)ccc1Oc1ccccc1-c1ccccc1)C12CC3CC(CC(C3)C1)C2. The summed E-state index contributed by atoms with van der Waals surface area (Å²) in [6.07, 6.45) is 1.51. The lowest BCUT2D eigenvalue weighted by Crippen LogP contribution is -2.51. The second-order valence-electron chi connectivity index (χ2n) is 10.8. The van der Waals surface area contributed by atoms with E-state index in [1.165, 1.54) is 25.3 Å². The first kappa shape index (κ1) is 23.1. The molecule has 1 amide bonds. The lowest BCUT2D eigenvalue weighted by Gasteiger charge is -2.55. The van der Waals surface area contributed by atoms with Gasteiger partial charge in [0.1, 0.15) is 5.75 Å². The number of rotatable bonds is 5. The Kier molecular flexibility index (Phi) is 5.58. The molecule has 186 valence electrons. The number of halogens is 3. The number of hydrogen-bond acceptors (Lipinski definition) is 2. The van der Waals surface area contributed by atoms with Crippen molar-refractivity contribution >= 4 is 11.6 Å². The van der Waals surface area contributed by atoms with Crippen molar-refractivity contribution in [3.63, 3.8) is 0 Å². The van der Waals surface area contributed by atoms with Gasteiger partial charge in [0.15, 0.2) is 5.75 Å². The Balaban J connectivity index is 1.34. The summed E-state index contributed by atoms with van der Waals surface area (Å²) >= 11 is 0. The number of amides is 1. The number of carbonyl (C=O) groups excluding carboxylic acids is 1. The molecule has 4 fully saturated rings. The van der Waals surface area contributed by atoms with Crippen molar-refractivity contribution in [2.45, 2.75) is 44.7 Å². The predicted molar refractivity (Wildman–Crippen MR) is 133 cm³/mol. The van der Waals surface area contributed by atoms with Crippen LogP contribution < -0.4 is 10.1 Å². The second-order valence-corrected chi connectivity index (χ2v) is 10.8. The standard InChI is InChI=1S/C30H28F3NO2/c31-30(32,33)23-10-11-27(36-26-9-5-4-8-24(26)22-6-2-1-3-7-22)25(15-23)34-28(35)29-16-19-12-20(17-29)14-21(13-19)18-29/h1-11,15,19-21H,12-14,16-18H2,(H,34,35). The number of ether oxygens (including phenoxy) is 1. The van der Waals surface area contributed by atoms with Crippen molar-refractivity contribution in [1.29, 1.82) is 0 Å². The molecule has 36 heavy (non-hydrogen) atoms. The Morgan fingerprint density at radius 2 is 1.42 bits per heavy atom. The maximum atomic E-state index is 13.7. The third-order valence-electron chi connectivity index (χ3n) is 8.27. The number of para-hydroxylation sites is 1. The fourth-order valence-corrected chi connectivity index (χ4v) is 7.07. The quantitative estimate of drug-likeness (QED) is 0.390. The lowest BCUT2D eigenvalue weighted by molar-refractivity contribution is -0.140. The molecule has 4 aliphatic carbocycles. The van der Waals surface area contributed by atoms with Gasteiger partial charge in [0.2, 0.25) is 5.91 Å². The highest BCUT2D eigenvalue weighted by Crippen LogP contribution is 2.60. The van der Waals surface area contributed by atoms with Crippen LogP contribution in [-0.4, -0.2) is 5.91 Å². The van der Waals surface area contributed by atoms with E-state index in [2.05, 4.69) is 5.32 Å². The van der Waals surface area contributed by atoms with Crippen LogP contribution in [0.1, 0.15) is 44.1 Å². The molecule has 4 saturated carbocycles.